The number of hydrogen-bond donors (Lipinski definition) is 0. The third-order valence-electron chi connectivity index (χ3n) is 6.54. The van der Waals surface area contributed by atoms with E-state index in [1.807, 2.05) is 36.1 Å². The molecule has 30 heavy (non-hydrogen) atoms. The maximum Gasteiger partial charge on any atom is 0.226 e. The zero-order valence-corrected chi connectivity index (χ0v) is 18.2. The van der Waals surface area contributed by atoms with Gasteiger partial charge in [-0.05, 0) is 30.5 Å². The van der Waals surface area contributed by atoms with E-state index in [1.54, 1.807) is 7.11 Å². The van der Waals surface area contributed by atoms with E-state index >= 15 is 0 Å². The van der Waals surface area contributed by atoms with Gasteiger partial charge in [-0.25, -0.2) is 0 Å². The van der Waals surface area contributed by atoms with E-state index in [4.69, 9.17) is 4.74 Å². The molecule has 0 spiro atoms. The Kier molecular flexibility index (Phi) is 6.40. The van der Waals surface area contributed by atoms with Crippen molar-refractivity contribution < 1.29 is 9.53 Å². The maximum absolute atomic E-state index is 12.8. The zero-order chi connectivity index (χ0) is 21.0. The van der Waals surface area contributed by atoms with Crippen LogP contribution in [0, 0.1) is 0 Å². The van der Waals surface area contributed by atoms with Gasteiger partial charge in [-0.1, -0.05) is 43.3 Å². The van der Waals surface area contributed by atoms with Crippen LogP contribution < -0.4 is 9.64 Å². The summed E-state index contributed by atoms with van der Waals surface area (Å²) in [7, 11) is 1.67. The molecule has 0 atom stereocenters. The van der Waals surface area contributed by atoms with Crippen molar-refractivity contribution in [2.75, 3.05) is 44.7 Å². The Labute approximate surface area is 180 Å². The predicted molar refractivity (Wildman–Crippen MR) is 121 cm³/mol. The van der Waals surface area contributed by atoms with E-state index < -0.39 is 0 Å². The number of benzene rings is 2. The molecule has 1 aliphatic carbocycles. The quantitative estimate of drug-likeness (QED) is 0.667. The van der Waals surface area contributed by atoms with Crippen molar-refractivity contribution >= 4 is 11.6 Å². The van der Waals surface area contributed by atoms with Crippen LogP contribution in [0.5, 0.6) is 5.75 Å². The van der Waals surface area contributed by atoms with Crippen LogP contribution in [0.4, 0.5) is 5.69 Å². The van der Waals surface area contributed by atoms with E-state index in [2.05, 4.69) is 40.1 Å². The number of hydrogen-bond acceptors (Lipinski definition) is 4. The molecular weight excluding hydrogens is 374 g/mol. The molecule has 4 rings (SSSR count). The molecule has 1 heterocycles. The van der Waals surface area contributed by atoms with Gasteiger partial charge >= 0.3 is 0 Å². The third kappa shape index (κ3) is 4.68. The summed E-state index contributed by atoms with van der Waals surface area (Å²) in [5, 5.41) is 0. The van der Waals surface area contributed by atoms with Gasteiger partial charge < -0.3 is 9.64 Å². The monoisotopic (exact) mass is 407 g/mol. The number of anilines is 1. The highest BCUT2D eigenvalue weighted by Crippen LogP contribution is 2.44. The summed E-state index contributed by atoms with van der Waals surface area (Å²) in [4.78, 5) is 20.0. The average Bonchev–Trinajstić information content (AvgIpc) is 3.59. The molecule has 0 aromatic heterocycles. The molecule has 2 fully saturated rings. The summed E-state index contributed by atoms with van der Waals surface area (Å²) in [5.41, 5.74) is 2.45. The molecule has 0 bridgehead atoms. The van der Waals surface area contributed by atoms with Gasteiger partial charge in [0.05, 0.1) is 7.11 Å². The fraction of sp³-hybridized carbons (Fsp3) is 0.480. The minimum absolute atomic E-state index is 0.132. The summed E-state index contributed by atoms with van der Waals surface area (Å²) in [6.07, 6.45) is 2.85. The van der Waals surface area contributed by atoms with Crippen LogP contribution in [0.2, 0.25) is 0 Å². The third-order valence-corrected chi connectivity index (χ3v) is 6.54. The minimum Gasteiger partial charge on any atom is -0.497 e. The largest absolute Gasteiger partial charge is 0.497 e. The molecule has 0 radical (unpaired) electrons. The van der Waals surface area contributed by atoms with Crippen molar-refractivity contribution in [1.82, 2.24) is 9.80 Å². The van der Waals surface area contributed by atoms with Crippen LogP contribution >= 0.6 is 0 Å². The second-order valence-electron chi connectivity index (χ2n) is 8.51. The molecule has 0 N–H and O–H groups in total. The Hall–Kier alpha value is -2.37. The Balaban J connectivity index is 1.41. The smallest absolute Gasteiger partial charge is 0.226 e. The van der Waals surface area contributed by atoms with Crippen LogP contribution in [-0.4, -0.2) is 61.1 Å². The van der Waals surface area contributed by atoms with Crippen molar-refractivity contribution in [3.8, 4) is 5.75 Å². The lowest BCUT2D eigenvalue weighted by Crippen LogP contribution is -2.55. The number of carbonyl (C=O) groups is 1. The number of amides is 1. The lowest BCUT2D eigenvalue weighted by Gasteiger charge is -2.41. The number of ether oxygens (including phenoxy) is 1. The van der Waals surface area contributed by atoms with Gasteiger partial charge in [-0.3, -0.25) is 14.6 Å². The molecule has 2 aromatic carbocycles. The molecule has 1 amide bonds. The van der Waals surface area contributed by atoms with Crippen molar-refractivity contribution in [3.05, 3.63) is 60.2 Å². The molecule has 0 unspecified atom stereocenters. The molecule has 1 aliphatic heterocycles. The van der Waals surface area contributed by atoms with Gasteiger partial charge in [0.1, 0.15) is 5.75 Å². The van der Waals surface area contributed by atoms with Crippen molar-refractivity contribution in [1.29, 1.82) is 0 Å². The SMILES string of the molecule is CCC(=O)N(CC1(N2CCN(Cc3ccccc3)CC2)CC1)c1cccc(OC)c1. The first-order valence-electron chi connectivity index (χ1n) is 11.1. The molecule has 5 nitrogen and oxygen atoms in total. The van der Waals surface area contributed by atoms with Crippen LogP contribution in [-0.2, 0) is 11.3 Å². The second-order valence-corrected chi connectivity index (χ2v) is 8.51. The highest BCUT2D eigenvalue weighted by atomic mass is 16.5. The Morgan fingerprint density at radius 1 is 1.03 bits per heavy atom. The summed E-state index contributed by atoms with van der Waals surface area (Å²) in [5.74, 6) is 0.970. The number of nitrogens with zero attached hydrogens (tertiary/aromatic N) is 3. The number of rotatable bonds is 8. The first-order chi connectivity index (χ1) is 14.6. The summed E-state index contributed by atoms with van der Waals surface area (Å²) >= 11 is 0. The molecule has 2 aliphatic rings. The topological polar surface area (TPSA) is 36.0 Å². The highest BCUT2D eigenvalue weighted by molar-refractivity contribution is 5.93. The summed E-state index contributed by atoms with van der Waals surface area (Å²) in [6.45, 7) is 8.03. The molecule has 1 saturated carbocycles. The average molecular weight is 408 g/mol. The fourth-order valence-corrected chi connectivity index (χ4v) is 4.53. The standard InChI is InChI=1S/C25H33N3O2/c1-3-24(29)28(22-10-7-11-23(18-22)30-2)20-25(12-13-25)27-16-14-26(15-17-27)19-21-8-5-4-6-9-21/h4-11,18H,3,12-17,19-20H2,1-2H3. The van der Waals surface area contributed by atoms with E-state index in [0.717, 1.165) is 50.7 Å². The van der Waals surface area contributed by atoms with E-state index in [9.17, 15) is 4.79 Å². The Bertz CT molecular complexity index is 842. The summed E-state index contributed by atoms with van der Waals surface area (Å²) < 4.78 is 5.39. The van der Waals surface area contributed by atoms with E-state index in [1.165, 1.54) is 18.4 Å². The minimum atomic E-state index is 0.132. The normalized spacial score (nSPS) is 18.7. The highest BCUT2D eigenvalue weighted by Gasteiger charge is 2.50. The van der Waals surface area contributed by atoms with Crippen molar-refractivity contribution in [3.63, 3.8) is 0 Å². The van der Waals surface area contributed by atoms with Crippen molar-refractivity contribution in [2.24, 2.45) is 0 Å². The van der Waals surface area contributed by atoms with Crippen LogP contribution in [0.3, 0.4) is 0 Å². The molecule has 5 heteroatoms. The molecule has 160 valence electrons. The zero-order valence-electron chi connectivity index (χ0n) is 18.2. The Morgan fingerprint density at radius 2 is 1.77 bits per heavy atom. The molecule has 2 aromatic rings. The molecule has 1 saturated heterocycles. The number of piperazine rings is 1. The number of carbonyl (C=O) groups excluding carboxylic acids is 1. The van der Waals surface area contributed by atoms with Gasteiger partial charge in [0.25, 0.3) is 0 Å². The first-order valence-corrected chi connectivity index (χ1v) is 11.1. The van der Waals surface area contributed by atoms with Crippen molar-refractivity contribution in [2.45, 2.75) is 38.3 Å². The fourth-order valence-electron chi connectivity index (χ4n) is 4.53. The Morgan fingerprint density at radius 3 is 2.40 bits per heavy atom. The second kappa shape index (κ2) is 9.19. The lowest BCUT2D eigenvalue weighted by atomic mass is 10.1. The van der Waals surface area contributed by atoms with Crippen LogP contribution in [0.15, 0.2) is 54.6 Å². The molecular formula is C25H33N3O2. The van der Waals surface area contributed by atoms with Gasteiger partial charge in [-0.2, -0.15) is 0 Å². The van der Waals surface area contributed by atoms with Gasteiger partial charge in [0.15, 0.2) is 0 Å². The predicted octanol–water partition coefficient (Wildman–Crippen LogP) is 3.79. The van der Waals surface area contributed by atoms with E-state index in [-0.39, 0.29) is 11.4 Å². The van der Waals surface area contributed by atoms with Crippen LogP contribution in [0.25, 0.3) is 0 Å². The summed E-state index contributed by atoms with van der Waals surface area (Å²) in [6, 6.07) is 18.6. The lowest BCUT2D eigenvalue weighted by molar-refractivity contribution is -0.118. The van der Waals surface area contributed by atoms with Crippen LogP contribution in [0.1, 0.15) is 31.7 Å². The van der Waals surface area contributed by atoms with E-state index in [0.29, 0.717) is 6.42 Å². The number of methoxy groups -OCH3 is 1. The van der Waals surface area contributed by atoms with Gasteiger partial charge in [0, 0.05) is 63.0 Å². The van der Waals surface area contributed by atoms with Gasteiger partial charge in [0.2, 0.25) is 5.91 Å². The first kappa shape index (κ1) is 20.9. The maximum atomic E-state index is 12.8. The van der Waals surface area contributed by atoms with Gasteiger partial charge in [-0.15, -0.1) is 0 Å².